The highest BCUT2D eigenvalue weighted by atomic mass is 16.5. The van der Waals surface area contributed by atoms with E-state index in [0.717, 1.165) is 31.9 Å². The minimum Gasteiger partial charge on any atom is -0.496 e. The number of ether oxygens (including phenoxy) is 1. The molecule has 0 radical (unpaired) electrons. The Balaban J connectivity index is 2.10. The number of benzene rings is 1. The average molecular weight is 306 g/mol. The fourth-order valence-electron chi connectivity index (χ4n) is 3.57. The highest BCUT2D eigenvalue weighted by molar-refractivity contribution is 5.43. The van der Waals surface area contributed by atoms with Crippen LogP contribution in [0.25, 0.3) is 0 Å². The predicted octanol–water partition coefficient (Wildman–Crippen LogP) is 2.20. The number of piperidine rings is 1. The second-order valence-corrected chi connectivity index (χ2v) is 6.49. The number of nitrogens with zero attached hydrogens (tertiary/aromatic N) is 2. The molecule has 0 amide bonds. The molecule has 4 heteroatoms. The third kappa shape index (κ3) is 4.22. The molecule has 1 saturated heterocycles. The molecule has 1 aromatic carbocycles. The topological polar surface area (TPSA) is 35.9 Å². The van der Waals surface area contributed by atoms with Crippen LogP contribution in [0.3, 0.4) is 0 Å². The molecule has 124 valence electrons. The molecular weight excluding hydrogens is 276 g/mol. The minimum atomic E-state index is 0.223. The van der Waals surface area contributed by atoms with Gasteiger partial charge >= 0.3 is 0 Å². The molecule has 22 heavy (non-hydrogen) atoms. The third-order valence-corrected chi connectivity index (χ3v) is 4.70. The second-order valence-electron chi connectivity index (χ2n) is 6.49. The second kappa shape index (κ2) is 7.95. The molecule has 1 aromatic rings. The fourth-order valence-corrected chi connectivity index (χ4v) is 3.57. The molecule has 1 aliphatic rings. The van der Waals surface area contributed by atoms with E-state index in [1.54, 1.807) is 7.11 Å². The van der Waals surface area contributed by atoms with Gasteiger partial charge in [-0.25, -0.2) is 0 Å². The predicted molar refractivity (Wildman–Crippen MR) is 90.5 cm³/mol. The lowest BCUT2D eigenvalue weighted by atomic mass is 10.0. The van der Waals surface area contributed by atoms with E-state index in [4.69, 9.17) is 4.74 Å². The molecule has 0 aromatic heterocycles. The Hall–Kier alpha value is -1.10. The van der Waals surface area contributed by atoms with Crippen LogP contribution in [0.4, 0.5) is 0 Å². The number of rotatable bonds is 6. The number of hydrogen-bond acceptors (Lipinski definition) is 4. The normalized spacial score (nSPS) is 17.2. The standard InChI is InChI=1S/C18H30N2O2/c1-14-11-16(12-15(2)18(14)22-4)13-20(9-10-21)17-5-7-19(3)8-6-17/h11-12,17,21H,5-10,13H2,1-4H3. The highest BCUT2D eigenvalue weighted by Crippen LogP contribution is 2.26. The van der Waals surface area contributed by atoms with Crippen LogP contribution in [-0.2, 0) is 6.54 Å². The smallest absolute Gasteiger partial charge is 0.124 e. The van der Waals surface area contributed by atoms with Crippen molar-refractivity contribution >= 4 is 0 Å². The first kappa shape index (κ1) is 17.3. The molecule has 0 saturated carbocycles. The van der Waals surface area contributed by atoms with E-state index in [1.807, 2.05) is 0 Å². The van der Waals surface area contributed by atoms with Crippen LogP contribution in [0.15, 0.2) is 12.1 Å². The van der Waals surface area contributed by atoms with Gasteiger partial charge in [-0.05, 0) is 63.5 Å². The Bertz CT molecular complexity index is 459. The van der Waals surface area contributed by atoms with E-state index >= 15 is 0 Å². The summed E-state index contributed by atoms with van der Waals surface area (Å²) in [5.74, 6) is 0.983. The number of aliphatic hydroxyl groups excluding tert-OH is 1. The summed E-state index contributed by atoms with van der Waals surface area (Å²) in [4.78, 5) is 4.82. The van der Waals surface area contributed by atoms with Gasteiger partial charge in [-0.3, -0.25) is 4.90 Å². The first-order valence-electron chi connectivity index (χ1n) is 8.22. The molecule has 4 nitrogen and oxygen atoms in total. The SMILES string of the molecule is COc1c(C)cc(CN(CCO)C2CCN(C)CC2)cc1C. The van der Waals surface area contributed by atoms with Crippen molar-refractivity contribution in [2.75, 3.05) is 40.4 Å². The molecule has 0 unspecified atom stereocenters. The number of methoxy groups -OCH3 is 1. The first-order chi connectivity index (χ1) is 10.5. The number of hydrogen-bond donors (Lipinski definition) is 1. The van der Waals surface area contributed by atoms with Gasteiger partial charge in [0.1, 0.15) is 5.75 Å². The lowest BCUT2D eigenvalue weighted by Crippen LogP contribution is -2.44. The van der Waals surface area contributed by atoms with Gasteiger partial charge in [0.25, 0.3) is 0 Å². The van der Waals surface area contributed by atoms with Crippen molar-refractivity contribution < 1.29 is 9.84 Å². The Kier molecular flexibility index (Phi) is 6.24. The summed E-state index contributed by atoms with van der Waals surface area (Å²) in [5, 5.41) is 9.42. The maximum Gasteiger partial charge on any atom is 0.124 e. The van der Waals surface area contributed by atoms with Crippen molar-refractivity contribution in [3.8, 4) is 5.75 Å². The van der Waals surface area contributed by atoms with Gasteiger partial charge in [0.15, 0.2) is 0 Å². The molecule has 1 fully saturated rings. The lowest BCUT2D eigenvalue weighted by molar-refractivity contribution is 0.0941. The van der Waals surface area contributed by atoms with Crippen molar-refractivity contribution in [1.29, 1.82) is 0 Å². The summed E-state index contributed by atoms with van der Waals surface area (Å²) in [7, 11) is 3.91. The zero-order chi connectivity index (χ0) is 16.1. The van der Waals surface area contributed by atoms with E-state index in [1.165, 1.54) is 29.5 Å². The van der Waals surface area contributed by atoms with Crippen LogP contribution < -0.4 is 4.74 Å². The maximum atomic E-state index is 9.42. The summed E-state index contributed by atoms with van der Waals surface area (Å²) in [6.07, 6.45) is 2.37. The molecule has 0 aliphatic carbocycles. The van der Waals surface area contributed by atoms with Crippen LogP contribution in [0, 0.1) is 13.8 Å². The quantitative estimate of drug-likeness (QED) is 0.874. The first-order valence-corrected chi connectivity index (χ1v) is 8.22. The summed E-state index contributed by atoms with van der Waals surface area (Å²) < 4.78 is 5.45. The molecule has 2 rings (SSSR count). The molecule has 1 heterocycles. The summed E-state index contributed by atoms with van der Waals surface area (Å²) in [5.41, 5.74) is 3.68. The summed E-state index contributed by atoms with van der Waals surface area (Å²) in [6, 6.07) is 5.00. The van der Waals surface area contributed by atoms with E-state index < -0.39 is 0 Å². The average Bonchev–Trinajstić information content (AvgIpc) is 2.47. The van der Waals surface area contributed by atoms with Gasteiger partial charge in [0.2, 0.25) is 0 Å². The molecule has 0 atom stereocenters. The molecule has 0 spiro atoms. The molecular formula is C18H30N2O2. The summed E-state index contributed by atoms with van der Waals surface area (Å²) in [6.45, 7) is 8.36. The van der Waals surface area contributed by atoms with Crippen LogP contribution in [0.2, 0.25) is 0 Å². The summed E-state index contributed by atoms with van der Waals surface area (Å²) >= 11 is 0. The van der Waals surface area contributed by atoms with Gasteiger partial charge in [-0.2, -0.15) is 0 Å². The Morgan fingerprint density at radius 2 is 1.82 bits per heavy atom. The zero-order valence-corrected chi connectivity index (χ0v) is 14.4. The van der Waals surface area contributed by atoms with Crippen molar-refractivity contribution in [3.63, 3.8) is 0 Å². The van der Waals surface area contributed by atoms with Crippen LogP contribution in [0.1, 0.15) is 29.5 Å². The highest BCUT2D eigenvalue weighted by Gasteiger charge is 2.23. The number of likely N-dealkylation sites (tertiary alicyclic amines) is 1. The van der Waals surface area contributed by atoms with Crippen LogP contribution in [-0.4, -0.2) is 61.3 Å². The van der Waals surface area contributed by atoms with Gasteiger partial charge in [-0.15, -0.1) is 0 Å². The van der Waals surface area contributed by atoms with E-state index in [2.05, 4.69) is 42.8 Å². The minimum absolute atomic E-state index is 0.223. The maximum absolute atomic E-state index is 9.42. The van der Waals surface area contributed by atoms with Crippen molar-refractivity contribution in [1.82, 2.24) is 9.80 Å². The van der Waals surface area contributed by atoms with Crippen LogP contribution >= 0.6 is 0 Å². The number of aryl methyl sites for hydroxylation is 2. The molecule has 1 aliphatic heterocycles. The fraction of sp³-hybridized carbons (Fsp3) is 0.667. The monoisotopic (exact) mass is 306 g/mol. The Morgan fingerprint density at radius 1 is 1.23 bits per heavy atom. The van der Waals surface area contributed by atoms with Crippen molar-refractivity contribution in [2.24, 2.45) is 0 Å². The van der Waals surface area contributed by atoms with E-state index in [0.29, 0.717) is 6.04 Å². The Morgan fingerprint density at radius 3 is 2.32 bits per heavy atom. The number of aliphatic hydroxyl groups is 1. The lowest BCUT2D eigenvalue weighted by Gasteiger charge is -2.37. The zero-order valence-electron chi connectivity index (χ0n) is 14.4. The van der Waals surface area contributed by atoms with Gasteiger partial charge in [-0.1, -0.05) is 12.1 Å². The van der Waals surface area contributed by atoms with Gasteiger partial charge in [0.05, 0.1) is 13.7 Å². The van der Waals surface area contributed by atoms with Gasteiger partial charge in [0, 0.05) is 19.1 Å². The van der Waals surface area contributed by atoms with Crippen molar-refractivity contribution in [3.05, 3.63) is 28.8 Å². The van der Waals surface area contributed by atoms with Crippen LogP contribution in [0.5, 0.6) is 5.75 Å². The van der Waals surface area contributed by atoms with Gasteiger partial charge < -0.3 is 14.7 Å². The van der Waals surface area contributed by atoms with E-state index in [9.17, 15) is 5.11 Å². The molecule has 0 bridgehead atoms. The molecule has 1 N–H and O–H groups in total. The third-order valence-electron chi connectivity index (χ3n) is 4.70. The Labute approximate surface area is 134 Å². The van der Waals surface area contributed by atoms with E-state index in [-0.39, 0.29) is 6.61 Å². The van der Waals surface area contributed by atoms with Crippen molar-refractivity contribution in [2.45, 2.75) is 39.3 Å². The largest absolute Gasteiger partial charge is 0.496 e.